The van der Waals surface area contributed by atoms with Crippen LogP contribution in [0.5, 0.6) is 0 Å². The zero-order valence-electron chi connectivity index (χ0n) is 14.9. The van der Waals surface area contributed by atoms with Gasteiger partial charge in [-0.2, -0.15) is 5.10 Å². The van der Waals surface area contributed by atoms with Crippen LogP contribution in [0.15, 0.2) is 60.8 Å². The van der Waals surface area contributed by atoms with E-state index in [4.69, 9.17) is 23.2 Å². The van der Waals surface area contributed by atoms with Gasteiger partial charge >= 0.3 is 0 Å². The topological polar surface area (TPSA) is 50.2 Å². The molecule has 0 fully saturated rings. The van der Waals surface area contributed by atoms with Crippen LogP contribution < -0.4 is 5.32 Å². The monoisotopic (exact) mass is 402 g/mol. The Morgan fingerprint density at radius 3 is 2.59 bits per heavy atom. The van der Waals surface area contributed by atoms with Crippen LogP contribution in [-0.2, 0) is 17.9 Å². The number of hydrogen-bond acceptors (Lipinski definition) is 3. The van der Waals surface area contributed by atoms with Crippen LogP contribution in [0.4, 0.5) is 5.82 Å². The lowest BCUT2D eigenvalue weighted by Gasteiger charge is -2.17. The summed E-state index contributed by atoms with van der Waals surface area (Å²) in [4.78, 5) is 14.3. The molecular formula is C20H20Cl2N4O. The van der Waals surface area contributed by atoms with Gasteiger partial charge in [0.25, 0.3) is 0 Å². The second-order valence-electron chi connectivity index (χ2n) is 6.31. The lowest BCUT2D eigenvalue weighted by Crippen LogP contribution is -2.30. The van der Waals surface area contributed by atoms with Gasteiger partial charge in [0.2, 0.25) is 5.91 Å². The largest absolute Gasteiger partial charge is 0.310 e. The van der Waals surface area contributed by atoms with Gasteiger partial charge in [-0.15, -0.1) is 0 Å². The molecule has 0 bridgehead atoms. The van der Waals surface area contributed by atoms with Gasteiger partial charge in [-0.1, -0.05) is 53.5 Å². The zero-order chi connectivity index (χ0) is 19.2. The number of nitrogens with zero attached hydrogens (tertiary/aromatic N) is 3. The van der Waals surface area contributed by atoms with Crippen LogP contribution in [-0.4, -0.2) is 34.2 Å². The maximum absolute atomic E-state index is 12.4. The summed E-state index contributed by atoms with van der Waals surface area (Å²) in [5, 5.41) is 8.56. The first-order valence-electron chi connectivity index (χ1n) is 8.49. The van der Waals surface area contributed by atoms with E-state index in [-0.39, 0.29) is 12.5 Å². The van der Waals surface area contributed by atoms with Gasteiger partial charge in [-0.25, -0.2) is 4.68 Å². The Balaban J connectivity index is 1.57. The van der Waals surface area contributed by atoms with E-state index in [1.54, 1.807) is 16.9 Å². The van der Waals surface area contributed by atoms with Crippen molar-refractivity contribution in [3.05, 3.63) is 82.0 Å². The van der Waals surface area contributed by atoms with Crippen LogP contribution in [0.1, 0.15) is 11.1 Å². The molecule has 5 nitrogen and oxygen atoms in total. The molecule has 0 saturated heterocycles. The van der Waals surface area contributed by atoms with Crippen molar-refractivity contribution in [3.8, 4) is 0 Å². The highest BCUT2D eigenvalue weighted by Gasteiger charge is 2.11. The number of halogens is 2. The normalized spacial score (nSPS) is 11.0. The van der Waals surface area contributed by atoms with Gasteiger partial charge in [0, 0.05) is 22.7 Å². The summed E-state index contributed by atoms with van der Waals surface area (Å²) < 4.78 is 1.72. The fourth-order valence-corrected chi connectivity index (χ4v) is 3.06. The highest BCUT2D eigenvalue weighted by atomic mass is 35.5. The van der Waals surface area contributed by atoms with Crippen molar-refractivity contribution < 1.29 is 4.79 Å². The van der Waals surface area contributed by atoms with Crippen molar-refractivity contribution in [2.45, 2.75) is 13.1 Å². The van der Waals surface area contributed by atoms with Crippen molar-refractivity contribution in [1.29, 1.82) is 0 Å². The first-order chi connectivity index (χ1) is 13.0. The van der Waals surface area contributed by atoms with Crippen molar-refractivity contribution >= 4 is 34.9 Å². The minimum absolute atomic E-state index is 0.104. The Hall–Kier alpha value is -2.34. The van der Waals surface area contributed by atoms with Gasteiger partial charge in [0.05, 0.1) is 19.3 Å². The highest BCUT2D eigenvalue weighted by molar-refractivity contribution is 6.31. The standard InChI is InChI=1S/C20H20Cl2N4O/c1-25(12-15-6-8-17(21)9-7-15)14-20(27)24-19-10-11-23-26(19)13-16-4-2-3-5-18(16)22/h2-11H,12-14H2,1H3,(H,24,27). The number of aromatic nitrogens is 2. The molecule has 7 heteroatoms. The van der Waals surface area contributed by atoms with Crippen LogP contribution in [0, 0.1) is 0 Å². The van der Waals surface area contributed by atoms with Crippen molar-refractivity contribution in [2.75, 3.05) is 18.9 Å². The molecule has 1 aromatic heterocycles. The molecule has 0 saturated carbocycles. The van der Waals surface area contributed by atoms with E-state index in [2.05, 4.69) is 10.4 Å². The van der Waals surface area contributed by atoms with Gasteiger partial charge in [-0.3, -0.25) is 9.69 Å². The third kappa shape index (κ3) is 5.57. The fraction of sp³-hybridized carbons (Fsp3) is 0.200. The minimum Gasteiger partial charge on any atom is -0.310 e. The average Bonchev–Trinajstić information content (AvgIpc) is 3.05. The first kappa shape index (κ1) is 19.4. The Morgan fingerprint density at radius 1 is 1.11 bits per heavy atom. The van der Waals surface area contributed by atoms with Crippen LogP contribution in [0.2, 0.25) is 10.0 Å². The molecule has 3 rings (SSSR count). The summed E-state index contributed by atoms with van der Waals surface area (Å²) in [6.07, 6.45) is 1.66. The van der Waals surface area contributed by atoms with E-state index in [0.29, 0.717) is 29.0 Å². The molecule has 3 aromatic rings. The molecule has 0 aliphatic rings. The lowest BCUT2D eigenvalue weighted by molar-refractivity contribution is -0.117. The Kier molecular flexibility index (Phi) is 6.50. The third-order valence-corrected chi connectivity index (χ3v) is 4.66. The van der Waals surface area contributed by atoms with Crippen molar-refractivity contribution in [2.24, 2.45) is 0 Å². The SMILES string of the molecule is CN(CC(=O)Nc1ccnn1Cc1ccccc1Cl)Cc1ccc(Cl)cc1. The molecule has 0 aliphatic carbocycles. The molecule has 0 atom stereocenters. The van der Waals surface area contributed by atoms with Gasteiger partial charge in [-0.05, 0) is 36.4 Å². The molecule has 1 heterocycles. The Morgan fingerprint density at radius 2 is 1.85 bits per heavy atom. The average molecular weight is 403 g/mol. The minimum atomic E-state index is -0.104. The van der Waals surface area contributed by atoms with Gasteiger partial charge < -0.3 is 5.32 Å². The summed E-state index contributed by atoms with van der Waals surface area (Å²) in [6.45, 7) is 1.41. The van der Waals surface area contributed by atoms with Gasteiger partial charge in [0.15, 0.2) is 0 Å². The molecular weight excluding hydrogens is 383 g/mol. The lowest BCUT2D eigenvalue weighted by atomic mass is 10.2. The predicted octanol–water partition coefficient (Wildman–Crippen LogP) is 4.31. The summed E-state index contributed by atoms with van der Waals surface area (Å²) in [5.41, 5.74) is 2.04. The van der Waals surface area contributed by atoms with E-state index in [9.17, 15) is 4.79 Å². The van der Waals surface area contributed by atoms with E-state index >= 15 is 0 Å². The maximum atomic E-state index is 12.4. The van der Waals surface area contributed by atoms with Crippen LogP contribution in [0.3, 0.4) is 0 Å². The van der Waals surface area contributed by atoms with E-state index in [0.717, 1.165) is 11.1 Å². The molecule has 1 amide bonds. The number of carbonyl (C=O) groups is 1. The quantitative estimate of drug-likeness (QED) is 0.640. The van der Waals surface area contributed by atoms with E-state index in [1.165, 1.54) is 0 Å². The molecule has 0 aliphatic heterocycles. The molecule has 1 N–H and O–H groups in total. The molecule has 0 unspecified atom stereocenters. The second kappa shape index (κ2) is 9.04. The number of likely N-dealkylation sites (N-methyl/N-ethyl adjacent to an activating group) is 1. The highest BCUT2D eigenvalue weighted by Crippen LogP contribution is 2.18. The van der Waals surface area contributed by atoms with Crippen LogP contribution >= 0.6 is 23.2 Å². The molecule has 0 radical (unpaired) electrons. The summed E-state index contributed by atoms with van der Waals surface area (Å²) in [5.74, 6) is 0.534. The van der Waals surface area contributed by atoms with Crippen molar-refractivity contribution in [1.82, 2.24) is 14.7 Å². The fourth-order valence-electron chi connectivity index (χ4n) is 2.74. The summed E-state index contributed by atoms with van der Waals surface area (Å²) >= 11 is 12.1. The van der Waals surface area contributed by atoms with E-state index < -0.39 is 0 Å². The summed E-state index contributed by atoms with van der Waals surface area (Å²) in [7, 11) is 1.90. The number of carbonyl (C=O) groups excluding carboxylic acids is 1. The number of amides is 1. The Bertz CT molecular complexity index is 908. The van der Waals surface area contributed by atoms with Crippen molar-refractivity contribution in [3.63, 3.8) is 0 Å². The number of rotatable bonds is 7. The molecule has 27 heavy (non-hydrogen) atoms. The number of benzene rings is 2. The summed E-state index contributed by atoms with van der Waals surface area (Å²) in [6, 6.07) is 17.0. The first-order valence-corrected chi connectivity index (χ1v) is 9.25. The molecule has 2 aromatic carbocycles. The molecule has 140 valence electrons. The third-order valence-electron chi connectivity index (χ3n) is 4.04. The number of hydrogen-bond donors (Lipinski definition) is 1. The van der Waals surface area contributed by atoms with E-state index in [1.807, 2.05) is 60.5 Å². The maximum Gasteiger partial charge on any atom is 0.239 e. The van der Waals surface area contributed by atoms with Crippen LogP contribution in [0.25, 0.3) is 0 Å². The Labute approximate surface area is 168 Å². The number of anilines is 1. The van der Waals surface area contributed by atoms with Gasteiger partial charge in [0.1, 0.15) is 5.82 Å². The zero-order valence-corrected chi connectivity index (χ0v) is 16.4. The number of nitrogens with one attached hydrogen (secondary N) is 1. The predicted molar refractivity (Wildman–Crippen MR) is 109 cm³/mol. The smallest absolute Gasteiger partial charge is 0.239 e. The second-order valence-corrected chi connectivity index (χ2v) is 7.16. The molecule has 0 spiro atoms.